The number of nitrogens with one attached hydrogen (secondary N) is 1. The molecular weight excluding hydrogens is 354 g/mol. The minimum absolute atomic E-state index is 0.235. The molecule has 3 fully saturated rings. The molecule has 28 heavy (non-hydrogen) atoms. The zero-order valence-electron chi connectivity index (χ0n) is 17.4. The zero-order chi connectivity index (χ0) is 19.6. The fraction of sp³-hybridized carbons (Fsp3) is 0.810. The summed E-state index contributed by atoms with van der Waals surface area (Å²) >= 11 is 0. The average Bonchev–Trinajstić information content (AvgIpc) is 3.16. The highest BCUT2D eigenvalue weighted by Gasteiger charge is 2.52. The van der Waals surface area contributed by atoms with E-state index in [9.17, 15) is 4.79 Å². The SMILES string of the molecule is CCN1CC[C@@H]2C[C@@H](N3CCOCC3)CC[C@@]2(C(=O)NCc2nccn2C)C1. The Hall–Kier alpha value is -1.44. The molecule has 0 aromatic carbocycles. The third kappa shape index (κ3) is 3.84. The van der Waals surface area contributed by atoms with Gasteiger partial charge in [0.15, 0.2) is 0 Å². The molecule has 3 aliphatic rings. The number of nitrogens with zero attached hydrogens (tertiary/aromatic N) is 4. The van der Waals surface area contributed by atoms with Gasteiger partial charge in [-0.2, -0.15) is 0 Å². The summed E-state index contributed by atoms with van der Waals surface area (Å²) in [6, 6.07) is 0.609. The molecule has 0 spiro atoms. The maximum absolute atomic E-state index is 13.5. The van der Waals surface area contributed by atoms with E-state index < -0.39 is 0 Å². The van der Waals surface area contributed by atoms with Gasteiger partial charge in [0.05, 0.1) is 25.2 Å². The number of ether oxygens (including phenoxy) is 1. The van der Waals surface area contributed by atoms with E-state index >= 15 is 0 Å². The van der Waals surface area contributed by atoms with Crippen molar-refractivity contribution in [2.24, 2.45) is 18.4 Å². The molecule has 2 saturated heterocycles. The molecule has 1 aliphatic carbocycles. The molecule has 2 aliphatic heterocycles. The topological polar surface area (TPSA) is 62.6 Å². The fourth-order valence-electron chi connectivity index (χ4n) is 5.54. The van der Waals surface area contributed by atoms with Crippen LogP contribution >= 0.6 is 0 Å². The van der Waals surface area contributed by atoms with Crippen molar-refractivity contribution in [3.8, 4) is 0 Å². The van der Waals surface area contributed by atoms with E-state index in [2.05, 4.69) is 27.0 Å². The molecule has 7 nitrogen and oxygen atoms in total. The number of morpholine rings is 1. The fourth-order valence-corrected chi connectivity index (χ4v) is 5.54. The van der Waals surface area contributed by atoms with Crippen LogP contribution in [0.15, 0.2) is 12.4 Å². The van der Waals surface area contributed by atoms with Crippen LogP contribution in [0.2, 0.25) is 0 Å². The second kappa shape index (κ2) is 8.51. The van der Waals surface area contributed by atoms with Gasteiger partial charge in [0.1, 0.15) is 5.82 Å². The van der Waals surface area contributed by atoms with Gasteiger partial charge in [0.2, 0.25) is 5.91 Å². The Kier molecular flexibility index (Phi) is 6.04. The molecule has 1 aromatic heterocycles. The number of carbonyl (C=O) groups is 1. The van der Waals surface area contributed by atoms with Gasteiger partial charge in [0.25, 0.3) is 0 Å². The zero-order valence-corrected chi connectivity index (χ0v) is 17.4. The van der Waals surface area contributed by atoms with Crippen molar-refractivity contribution in [3.63, 3.8) is 0 Å². The first-order valence-electron chi connectivity index (χ1n) is 10.9. The number of amides is 1. The van der Waals surface area contributed by atoms with Crippen molar-refractivity contribution in [1.29, 1.82) is 0 Å². The van der Waals surface area contributed by atoms with Crippen molar-refractivity contribution in [2.75, 3.05) is 45.9 Å². The Balaban J connectivity index is 1.47. The molecule has 4 rings (SSSR count). The number of aromatic nitrogens is 2. The van der Waals surface area contributed by atoms with Gasteiger partial charge in [0, 0.05) is 45.1 Å². The normalized spacial score (nSPS) is 32.1. The van der Waals surface area contributed by atoms with E-state index in [1.165, 1.54) is 0 Å². The molecule has 1 N–H and O–H groups in total. The molecule has 1 aromatic rings. The summed E-state index contributed by atoms with van der Waals surface area (Å²) in [7, 11) is 1.97. The Morgan fingerprint density at radius 3 is 2.86 bits per heavy atom. The number of likely N-dealkylation sites (tertiary alicyclic amines) is 1. The van der Waals surface area contributed by atoms with E-state index in [-0.39, 0.29) is 11.3 Å². The summed E-state index contributed by atoms with van der Waals surface area (Å²) in [5.74, 6) is 1.61. The van der Waals surface area contributed by atoms with Crippen molar-refractivity contribution in [1.82, 2.24) is 24.7 Å². The van der Waals surface area contributed by atoms with E-state index in [1.54, 1.807) is 6.20 Å². The van der Waals surface area contributed by atoms with Gasteiger partial charge in [-0.05, 0) is 44.7 Å². The van der Waals surface area contributed by atoms with Crippen LogP contribution in [0.5, 0.6) is 0 Å². The lowest BCUT2D eigenvalue weighted by Gasteiger charge is -2.53. The smallest absolute Gasteiger partial charge is 0.228 e. The molecule has 156 valence electrons. The van der Waals surface area contributed by atoms with E-state index in [0.717, 1.165) is 77.4 Å². The first-order chi connectivity index (χ1) is 13.6. The van der Waals surface area contributed by atoms with E-state index in [1.807, 2.05) is 17.8 Å². The highest BCUT2D eigenvalue weighted by molar-refractivity contribution is 5.83. The summed E-state index contributed by atoms with van der Waals surface area (Å²) < 4.78 is 7.52. The maximum atomic E-state index is 13.5. The Morgan fingerprint density at radius 1 is 1.32 bits per heavy atom. The molecule has 0 radical (unpaired) electrons. The molecular formula is C21H35N5O2. The average molecular weight is 390 g/mol. The van der Waals surface area contributed by atoms with Gasteiger partial charge in [-0.3, -0.25) is 9.69 Å². The van der Waals surface area contributed by atoms with Crippen LogP contribution in [0.1, 0.15) is 38.4 Å². The number of aryl methyl sites for hydroxylation is 1. The van der Waals surface area contributed by atoms with Gasteiger partial charge in [-0.1, -0.05) is 6.92 Å². The molecule has 0 unspecified atom stereocenters. The largest absolute Gasteiger partial charge is 0.379 e. The summed E-state index contributed by atoms with van der Waals surface area (Å²) in [5.41, 5.74) is -0.248. The first kappa shape index (κ1) is 19.9. The monoisotopic (exact) mass is 389 g/mol. The number of rotatable bonds is 5. The molecule has 1 saturated carbocycles. The maximum Gasteiger partial charge on any atom is 0.228 e. The molecule has 3 atom stereocenters. The lowest BCUT2D eigenvalue weighted by Crippen LogP contribution is -2.60. The molecule has 7 heteroatoms. The van der Waals surface area contributed by atoms with Crippen LogP contribution in [0.3, 0.4) is 0 Å². The lowest BCUT2D eigenvalue weighted by atomic mass is 9.61. The Labute approximate surface area is 168 Å². The van der Waals surface area contributed by atoms with Crippen LogP contribution in [-0.2, 0) is 23.1 Å². The van der Waals surface area contributed by atoms with Crippen LogP contribution in [-0.4, -0.2) is 77.2 Å². The minimum Gasteiger partial charge on any atom is -0.379 e. The van der Waals surface area contributed by atoms with Crippen molar-refractivity contribution in [2.45, 2.75) is 45.2 Å². The lowest BCUT2D eigenvalue weighted by molar-refractivity contribution is -0.145. The number of piperidine rings is 1. The highest BCUT2D eigenvalue weighted by atomic mass is 16.5. The van der Waals surface area contributed by atoms with Crippen LogP contribution in [0, 0.1) is 11.3 Å². The first-order valence-corrected chi connectivity index (χ1v) is 10.9. The van der Waals surface area contributed by atoms with Gasteiger partial charge < -0.3 is 19.5 Å². The summed E-state index contributed by atoms with van der Waals surface area (Å²) in [5, 5.41) is 3.24. The molecule has 1 amide bonds. The standard InChI is InChI=1S/C21H35N5O2/c1-3-25-8-5-17-14-18(26-10-12-28-13-11-26)4-6-21(17,16-25)20(27)23-15-19-22-7-9-24(19)2/h7,9,17-18H,3-6,8,10-16H2,1-2H3,(H,23,27)/t17-,18+,21-/m1/s1. The van der Waals surface area contributed by atoms with Crippen LogP contribution in [0.4, 0.5) is 0 Å². The third-order valence-electron chi connectivity index (χ3n) is 7.35. The second-order valence-corrected chi connectivity index (χ2v) is 8.72. The van der Waals surface area contributed by atoms with Gasteiger partial charge >= 0.3 is 0 Å². The molecule has 3 heterocycles. The predicted molar refractivity (Wildman–Crippen MR) is 108 cm³/mol. The van der Waals surface area contributed by atoms with E-state index in [0.29, 0.717) is 18.5 Å². The minimum atomic E-state index is -0.248. The van der Waals surface area contributed by atoms with Gasteiger partial charge in [-0.25, -0.2) is 4.98 Å². The molecule has 0 bridgehead atoms. The van der Waals surface area contributed by atoms with E-state index in [4.69, 9.17) is 4.74 Å². The van der Waals surface area contributed by atoms with Crippen LogP contribution < -0.4 is 5.32 Å². The van der Waals surface area contributed by atoms with Crippen LogP contribution in [0.25, 0.3) is 0 Å². The number of hydrogen-bond acceptors (Lipinski definition) is 5. The van der Waals surface area contributed by atoms with Gasteiger partial charge in [-0.15, -0.1) is 0 Å². The third-order valence-corrected chi connectivity index (χ3v) is 7.35. The number of fused-ring (bicyclic) bond motifs is 1. The van der Waals surface area contributed by atoms with Crippen molar-refractivity contribution in [3.05, 3.63) is 18.2 Å². The Morgan fingerprint density at radius 2 is 2.14 bits per heavy atom. The van der Waals surface area contributed by atoms with Crippen molar-refractivity contribution < 1.29 is 9.53 Å². The summed E-state index contributed by atoms with van der Waals surface area (Å²) in [6.45, 7) is 9.53. The summed E-state index contributed by atoms with van der Waals surface area (Å²) in [4.78, 5) is 22.9. The van der Waals surface area contributed by atoms with Crippen molar-refractivity contribution >= 4 is 5.91 Å². The number of carbonyl (C=O) groups excluding carboxylic acids is 1. The highest BCUT2D eigenvalue weighted by Crippen LogP contribution is 2.47. The Bertz CT molecular complexity index is 672. The summed E-state index contributed by atoms with van der Waals surface area (Å²) in [6.07, 6.45) is 8.09. The predicted octanol–water partition coefficient (Wildman–Crippen LogP) is 1.25. The quantitative estimate of drug-likeness (QED) is 0.821. The number of imidazole rings is 1. The second-order valence-electron chi connectivity index (χ2n) is 8.72. The number of hydrogen-bond donors (Lipinski definition) is 1.